The molecule has 0 saturated carbocycles. The number of phenolic OH excluding ortho intramolecular Hbond substituents is 1. The molecule has 1 aliphatic carbocycles. The Morgan fingerprint density at radius 3 is 3.17 bits per heavy atom. The minimum absolute atomic E-state index is 0.714. The van der Waals surface area contributed by atoms with Gasteiger partial charge in [-0.25, -0.2) is 0 Å². The van der Waals surface area contributed by atoms with Crippen LogP contribution in [-0.4, -0.2) is 10.7 Å². The van der Waals surface area contributed by atoms with Crippen LogP contribution in [0.2, 0.25) is 0 Å². The Labute approximate surface area is 168 Å². The first-order valence-electron chi connectivity index (χ1n) is 17.0. The normalized spacial score (nSPS) is 47.3. The maximum Gasteiger partial charge on any atom is 0.127 e. The summed E-state index contributed by atoms with van der Waals surface area (Å²) < 4.78 is 169. The van der Waals surface area contributed by atoms with E-state index in [0.717, 1.165) is 0 Å². The molecule has 1 N–H and O–H groups in total. The number of rotatable bonds is 4. The first-order chi connectivity index (χ1) is 18.7. The van der Waals surface area contributed by atoms with Gasteiger partial charge in [0.1, 0.15) is 17.1 Å². The minimum Gasteiger partial charge on any atom is -0.507 e. The fourth-order valence-corrected chi connectivity index (χ4v) is 2.75. The topological polar surface area (TPSA) is 29.5 Å². The van der Waals surface area contributed by atoms with Gasteiger partial charge in [-0.2, -0.15) is 0 Å². The summed E-state index contributed by atoms with van der Waals surface area (Å²) in [5.41, 5.74) is -5.04. The summed E-state index contributed by atoms with van der Waals surface area (Å²) >= 11 is 0. The van der Waals surface area contributed by atoms with E-state index in [4.69, 9.17) is 30.8 Å². The summed E-state index contributed by atoms with van der Waals surface area (Å²) in [5, 5.41) is 11.2. The molecule has 0 fully saturated rings. The van der Waals surface area contributed by atoms with Crippen LogP contribution in [0.5, 0.6) is 11.5 Å². The maximum absolute atomic E-state index is 11.2. The molecule has 0 aromatic heterocycles. The average molecular weight is 335 g/mol. The SMILES string of the molecule is [2H]C1=C(C([2H])([2H])[2H])C([2H])([2H])C[C@H]2C(C)(C)Oc3c([2H])c(C([2H])([2H])C([2H])([2H])C([2H])([2H])C([2H])([2H])C([2H])([2H])[2H])c([2H])c(O)c3[C@]12[2H]. The third-order valence-corrected chi connectivity index (χ3v) is 3.82. The highest BCUT2D eigenvalue weighted by Gasteiger charge is 2.45. The predicted octanol–water partition coefficient (Wildman–Crippen LogP) is 5.74. The molecule has 1 aromatic carbocycles. The molecule has 23 heavy (non-hydrogen) atoms. The minimum atomic E-state index is -4.15. The Morgan fingerprint density at radius 1 is 1.52 bits per heavy atom. The van der Waals surface area contributed by atoms with E-state index >= 15 is 0 Å². The van der Waals surface area contributed by atoms with Gasteiger partial charge in [-0.3, -0.25) is 0 Å². The number of fused-ring (bicyclic) bond motifs is 3. The number of hydrogen-bond acceptors (Lipinski definition) is 2. The maximum atomic E-state index is 11.2. The summed E-state index contributed by atoms with van der Waals surface area (Å²) in [5.74, 6) is -6.36. The lowest BCUT2D eigenvalue weighted by molar-refractivity contribution is 0.0107. The van der Waals surface area contributed by atoms with Crippen molar-refractivity contribution in [2.24, 2.45) is 5.92 Å². The van der Waals surface area contributed by atoms with E-state index in [1.54, 1.807) is 0 Å². The van der Waals surface area contributed by atoms with Crippen molar-refractivity contribution in [1.82, 2.24) is 0 Å². The van der Waals surface area contributed by atoms with E-state index in [1.165, 1.54) is 13.8 Å². The molecule has 1 aromatic rings. The van der Waals surface area contributed by atoms with Crippen LogP contribution in [0.1, 0.15) is 104 Å². The highest BCUT2D eigenvalue weighted by atomic mass is 16.5. The van der Waals surface area contributed by atoms with Gasteiger partial charge in [-0.15, -0.1) is 0 Å². The van der Waals surface area contributed by atoms with Crippen molar-refractivity contribution in [3.05, 3.63) is 34.8 Å². The third-order valence-electron chi connectivity index (χ3n) is 3.82. The van der Waals surface area contributed by atoms with Crippen molar-refractivity contribution < 1.29 is 37.3 Å². The number of phenols is 1. The second-order valence-electron chi connectivity index (χ2n) is 5.73. The number of hydrogen-bond donors (Lipinski definition) is 1. The van der Waals surface area contributed by atoms with Gasteiger partial charge in [0.15, 0.2) is 0 Å². The summed E-state index contributed by atoms with van der Waals surface area (Å²) in [6, 6.07) is -3.76. The zero-order valence-electron chi connectivity index (χ0n) is 32.6. The Hall–Kier alpha value is -1.44. The van der Waals surface area contributed by atoms with E-state index in [0.29, 0.717) is 0 Å². The lowest BCUT2D eigenvalue weighted by atomic mass is 9.68. The molecule has 0 amide bonds. The molecular weight excluding hydrogens is 284 g/mol. The second-order valence-corrected chi connectivity index (χ2v) is 5.73. The zero-order chi connectivity index (χ0) is 34.1. The summed E-state index contributed by atoms with van der Waals surface area (Å²) in [4.78, 5) is 0. The Morgan fingerprint density at radius 2 is 2.39 bits per heavy atom. The highest BCUT2D eigenvalue weighted by molar-refractivity contribution is 5.53. The van der Waals surface area contributed by atoms with E-state index < -0.39 is 116 Å². The standard InChI is InChI=1S/C21H30O2/c1-5-6-7-8-15-12-18(22)20-16-11-14(2)9-10-17(16)21(3,4)23-19(20)13-15/h11-13,16-17,22H,5-10H2,1-4H3/t16-,17-/m1/s1/i1D3,2D3,5D2,6D2,7D2,8D2,9D2,11D,12D,13D,16D. The first kappa shape index (κ1) is 4.80. The van der Waals surface area contributed by atoms with E-state index in [1.807, 2.05) is 0 Å². The van der Waals surface area contributed by atoms with Crippen molar-refractivity contribution in [2.75, 3.05) is 0 Å². The van der Waals surface area contributed by atoms with Crippen LogP contribution in [0.3, 0.4) is 0 Å². The Balaban J connectivity index is 2.47. The number of benzene rings is 1. The number of allylic oxidation sites excluding steroid dienone is 2. The highest BCUT2D eigenvalue weighted by Crippen LogP contribution is 2.53. The number of aromatic hydroxyl groups is 1. The van der Waals surface area contributed by atoms with E-state index in [2.05, 4.69) is 0 Å². The van der Waals surface area contributed by atoms with Gasteiger partial charge < -0.3 is 9.84 Å². The van der Waals surface area contributed by atoms with E-state index in [9.17, 15) is 6.48 Å². The van der Waals surface area contributed by atoms with Gasteiger partial charge in [0, 0.05) is 40.7 Å². The van der Waals surface area contributed by atoms with Gasteiger partial charge >= 0.3 is 0 Å². The van der Waals surface area contributed by atoms with Crippen molar-refractivity contribution in [3.63, 3.8) is 0 Å². The molecule has 3 rings (SSSR count). The molecule has 0 unspecified atom stereocenters. The second kappa shape index (κ2) is 6.22. The molecule has 2 nitrogen and oxygen atoms in total. The van der Waals surface area contributed by atoms with Gasteiger partial charge in [-0.05, 0) is 63.9 Å². The van der Waals surface area contributed by atoms with Crippen molar-refractivity contribution >= 4 is 0 Å². The molecule has 2 aliphatic rings. The fraction of sp³-hybridized carbons (Fsp3) is 0.619. The zero-order valence-corrected chi connectivity index (χ0v) is 12.6. The largest absolute Gasteiger partial charge is 0.507 e. The molecule has 0 radical (unpaired) electrons. The summed E-state index contributed by atoms with van der Waals surface area (Å²) in [7, 11) is 0. The lowest BCUT2D eigenvalue weighted by Crippen LogP contribution is -2.45. The molecule has 126 valence electrons. The number of ether oxygens (including phenoxy) is 1. The van der Waals surface area contributed by atoms with Gasteiger partial charge in [0.05, 0.1) is 4.11 Å². The molecule has 0 saturated heterocycles. The van der Waals surface area contributed by atoms with Gasteiger partial charge in [-0.1, -0.05) is 31.2 Å². The van der Waals surface area contributed by atoms with Gasteiger partial charge in [0.25, 0.3) is 0 Å². The summed E-state index contributed by atoms with van der Waals surface area (Å²) in [6.07, 6.45) is -19.6. The average Bonchev–Trinajstić information content (AvgIpc) is 2.77. The van der Waals surface area contributed by atoms with Crippen molar-refractivity contribution in [3.8, 4) is 11.5 Å². The van der Waals surface area contributed by atoms with E-state index in [-0.39, 0.29) is 0 Å². The van der Waals surface area contributed by atoms with Crippen LogP contribution in [0.25, 0.3) is 0 Å². The third kappa shape index (κ3) is 3.13. The van der Waals surface area contributed by atoms with Crippen LogP contribution in [0, 0.1) is 5.92 Å². The molecule has 2 atom stereocenters. The molecule has 0 spiro atoms. The van der Waals surface area contributed by atoms with Crippen LogP contribution < -0.4 is 4.74 Å². The fourth-order valence-electron chi connectivity index (χ4n) is 2.75. The smallest absolute Gasteiger partial charge is 0.127 e. The molecule has 2 heteroatoms. The van der Waals surface area contributed by atoms with Crippen molar-refractivity contribution in [2.45, 2.75) is 77.3 Å². The van der Waals surface area contributed by atoms with Crippen molar-refractivity contribution in [1.29, 1.82) is 0 Å². The lowest BCUT2D eigenvalue weighted by Gasteiger charge is -2.46. The quantitative estimate of drug-likeness (QED) is 0.712. The van der Waals surface area contributed by atoms with Crippen LogP contribution >= 0.6 is 0 Å². The Bertz CT molecular complexity index is 1370. The monoisotopic (exact) mass is 334 g/mol. The van der Waals surface area contributed by atoms with Crippen LogP contribution in [0.15, 0.2) is 23.7 Å². The molecule has 1 heterocycles. The molecular formula is C21H30O2. The molecule has 0 bridgehead atoms. The first-order valence-corrected chi connectivity index (χ1v) is 6.97. The van der Waals surface area contributed by atoms with Gasteiger partial charge in [0.2, 0.25) is 0 Å². The molecule has 1 aliphatic heterocycles. The summed E-state index contributed by atoms with van der Waals surface area (Å²) in [6.45, 7) is -4.42. The predicted molar refractivity (Wildman–Crippen MR) is 95.3 cm³/mol. The van der Waals surface area contributed by atoms with Crippen LogP contribution in [0.4, 0.5) is 0 Å². The Kier molecular flexibility index (Phi) is 1.30. The van der Waals surface area contributed by atoms with Crippen LogP contribution in [-0.2, 0) is 6.37 Å².